The van der Waals surface area contributed by atoms with Gasteiger partial charge in [-0.2, -0.15) is 0 Å². The molecule has 2 unspecified atom stereocenters. The maximum Gasteiger partial charge on any atom is 0.573 e. The normalized spacial score (nSPS) is 28.9. The number of nitrogens with zero attached hydrogens (tertiary/aromatic N) is 2. The van der Waals surface area contributed by atoms with Gasteiger partial charge in [0.05, 0.1) is 6.10 Å². The minimum atomic E-state index is -4.70. The molecule has 1 N–H and O–H groups in total. The van der Waals surface area contributed by atoms with E-state index in [2.05, 4.69) is 28.5 Å². The van der Waals surface area contributed by atoms with E-state index in [1.54, 1.807) is 6.07 Å². The van der Waals surface area contributed by atoms with Crippen molar-refractivity contribution in [3.8, 4) is 5.75 Å². The third-order valence-electron chi connectivity index (χ3n) is 6.32. The molecule has 0 amide bonds. The number of hydrogen-bond acceptors (Lipinski definition) is 4. The Hall–Kier alpha value is -1.31. The van der Waals surface area contributed by atoms with Gasteiger partial charge in [0, 0.05) is 38.1 Å². The topological polar surface area (TPSA) is 35.9 Å². The van der Waals surface area contributed by atoms with Gasteiger partial charge in [0.2, 0.25) is 0 Å². The number of alkyl halides is 3. The molecule has 0 spiro atoms. The summed E-state index contributed by atoms with van der Waals surface area (Å²) in [6, 6.07) is 6.76. The zero-order valence-electron chi connectivity index (χ0n) is 16.7. The van der Waals surface area contributed by atoms with Crippen LogP contribution in [0, 0.1) is 5.92 Å². The summed E-state index contributed by atoms with van der Waals surface area (Å²) in [6.45, 7) is 5.76. The molecule has 1 aliphatic heterocycles. The van der Waals surface area contributed by atoms with Crippen molar-refractivity contribution in [2.75, 3.05) is 33.2 Å². The number of benzene rings is 1. The highest BCUT2D eigenvalue weighted by atomic mass is 19.4. The standard InChI is InChI=1S/C21H31F3N2O2/c1-15-13-26(11-10-25(15)2)14-19(18-8-3-4-9-20(18)27)16-6-5-7-17(12-16)28-21(22,23)24/h5-7,12,15,18-20,27H,3-4,8-11,13-14H2,1-2H3/t15-,18?,19?,20-/m0/s1. The second-order valence-electron chi connectivity index (χ2n) is 8.33. The lowest BCUT2D eigenvalue weighted by atomic mass is 9.74. The maximum absolute atomic E-state index is 12.7. The Kier molecular flexibility index (Phi) is 6.89. The fraction of sp³-hybridized carbons (Fsp3) is 0.714. The second kappa shape index (κ2) is 9.01. The van der Waals surface area contributed by atoms with Crippen LogP contribution in [-0.2, 0) is 0 Å². The van der Waals surface area contributed by atoms with Gasteiger partial charge in [0.15, 0.2) is 0 Å². The fourth-order valence-corrected chi connectivity index (χ4v) is 4.61. The number of likely N-dealkylation sites (N-methyl/N-ethyl adjacent to an activating group) is 1. The lowest BCUT2D eigenvalue weighted by molar-refractivity contribution is -0.274. The number of piperazine rings is 1. The minimum absolute atomic E-state index is 0.0114. The van der Waals surface area contributed by atoms with E-state index >= 15 is 0 Å². The lowest BCUT2D eigenvalue weighted by Gasteiger charge is -2.42. The summed E-state index contributed by atoms with van der Waals surface area (Å²) in [6.07, 6.45) is -1.39. The summed E-state index contributed by atoms with van der Waals surface area (Å²) < 4.78 is 42.1. The largest absolute Gasteiger partial charge is 0.573 e. The van der Waals surface area contributed by atoms with Crippen LogP contribution in [0.5, 0.6) is 5.75 Å². The van der Waals surface area contributed by atoms with E-state index < -0.39 is 12.5 Å². The first-order valence-corrected chi connectivity index (χ1v) is 10.2. The molecule has 158 valence electrons. The van der Waals surface area contributed by atoms with Crippen LogP contribution in [0.3, 0.4) is 0 Å². The first kappa shape index (κ1) is 21.4. The molecule has 4 atom stereocenters. The molecule has 1 saturated heterocycles. The van der Waals surface area contributed by atoms with E-state index in [1.165, 1.54) is 12.1 Å². The van der Waals surface area contributed by atoms with E-state index in [0.29, 0.717) is 6.04 Å². The van der Waals surface area contributed by atoms with Gasteiger partial charge in [-0.1, -0.05) is 25.0 Å². The fourth-order valence-electron chi connectivity index (χ4n) is 4.61. The van der Waals surface area contributed by atoms with Crippen molar-refractivity contribution >= 4 is 0 Å². The monoisotopic (exact) mass is 400 g/mol. The molecular formula is C21H31F3N2O2. The quantitative estimate of drug-likeness (QED) is 0.814. The van der Waals surface area contributed by atoms with Crippen LogP contribution in [0.4, 0.5) is 13.2 Å². The Morgan fingerprint density at radius 1 is 1.21 bits per heavy atom. The van der Waals surface area contributed by atoms with Crippen LogP contribution < -0.4 is 4.74 Å². The average Bonchev–Trinajstić information content (AvgIpc) is 2.62. The number of halogens is 3. The van der Waals surface area contributed by atoms with Gasteiger partial charge in [-0.05, 0) is 50.4 Å². The highest BCUT2D eigenvalue weighted by molar-refractivity contribution is 5.32. The van der Waals surface area contributed by atoms with Crippen molar-refractivity contribution in [2.24, 2.45) is 5.92 Å². The van der Waals surface area contributed by atoms with Crippen molar-refractivity contribution in [2.45, 2.75) is 57.0 Å². The van der Waals surface area contributed by atoms with Gasteiger partial charge in [-0.3, -0.25) is 4.90 Å². The first-order chi connectivity index (χ1) is 13.2. The summed E-state index contributed by atoms with van der Waals surface area (Å²) in [5, 5.41) is 10.6. The highest BCUT2D eigenvalue weighted by Crippen LogP contribution is 2.38. The van der Waals surface area contributed by atoms with E-state index in [-0.39, 0.29) is 17.6 Å². The number of ether oxygens (including phenoxy) is 1. The Bertz CT molecular complexity index is 640. The van der Waals surface area contributed by atoms with Crippen LogP contribution in [0.1, 0.15) is 44.1 Å². The number of aliphatic hydroxyl groups is 1. The zero-order chi connectivity index (χ0) is 20.3. The number of rotatable bonds is 5. The predicted octanol–water partition coefficient (Wildman–Crippen LogP) is 3.86. The van der Waals surface area contributed by atoms with Crippen molar-refractivity contribution in [1.29, 1.82) is 0 Å². The molecular weight excluding hydrogens is 369 g/mol. The van der Waals surface area contributed by atoms with Gasteiger partial charge in [-0.25, -0.2) is 0 Å². The third-order valence-corrected chi connectivity index (χ3v) is 6.32. The van der Waals surface area contributed by atoms with Gasteiger partial charge in [0.1, 0.15) is 5.75 Å². The predicted molar refractivity (Wildman–Crippen MR) is 102 cm³/mol. The summed E-state index contributed by atoms with van der Waals surface area (Å²) >= 11 is 0. The molecule has 0 aromatic heterocycles. The van der Waals surface area contributed by atoms with Crippen LogP contribution >= 0.6 is 0 Å². The number of aliphatic hydroxyl groups excluding tert-OH is 1. The molecule has 1 heterocycles. The van der Waals surface area contributed by atoms with Crippen molar-refractivity contribution < 1.29 is 23.0 Å². The Morgan fingerprint density at radius 3 is 2.64 bits per heavy atom. The Morgan fingerprint density at radius 2 is 1.96 bits per heavy atom. The van der Waals surface area contributed by atoms with Crippen LogP contribution in [0.2, 0.25) is 0 Å². The van der Waals surface area contributed by atoms with E-state index in [1.807, 2.05) is 6.07 Å². The molecule has 4 nitrogen and oxygen atoms in total. The van der Waals surface area contributed by atoms with Crippen molar-refractivity contribution in [1.82, 2.24) is 9.80 Å². The molecule has 3 rings (SSSR count). The van der Waals surface area contributed by atoms with Gasteiger partial charge >= 0.3 is 6.36 Å². The molecule has 1 aromatic rings. The summed E-state index contributed by atoms with van der Waals surface area (Å²) in [4.78, 5) is 4.70. The molecule has 28 heavy (non-hydrogen) atoms. The summed E-state index contributed by atoms with van der Waals surface area (Å²) in [5.41, 5.74) is 0.819. The van der Waals surface area contributed by atoms with E-state index in [0.717, 1.165) is 57.4 Å². The van der Waals surface area contributed by atoms with Gasteiger partial charge in [-0.15, -0.1) is 13.2 Å². The van der Waals surface area contributed by atoms with Crippen molar-refractivity contribution in [3.63, 3.8) is 0 Å². The first-order valence-electron chi connectivity index (χ1n) is 10.2. The molecule has 7 heteroatoms. The Balaban J connectivity index is 1.83. The van der Waals surface area contributed by atoms with Crippen molar-refractivity contribution in [3.05, 3.63) is 29.8 Å². The highest BCUT2D eigenvalue weighted by Gasteiger charge is 2.35. The van der Waals surface area contributed by atoms with Gasteiger partial charge < -0.3 is 14.7 Å². The maximum atomic E-state index is 12.7. The van der Waals surface area contributed by atoms with Crippen LogP contribution in [-0.4, -0.2) is 66.6 Å². The molecule has 1 aromatic carbocycles. The summed E-state index contributed by atoms with van der Waals surface area (Å²) in [7, 11) is 2.11. The van der Waals surface area contributed by atoms with Gasteiger partial charge in [0.25, 0.3) is 0 Å². The zero-order valence-corrected chi connectivity index (χ0v) is 16.7. The van der Waals surface area contributed by atoms with Crippen LogP contribution in [0.25, 0.3) is 0 Å². The molecule has 0 radical (unpaired) electrons. The SMILES string of the molecule is C[C@H]1CN(CC(c2cccc(OC(F)(F)F)c2)C2CCCC[C@@H]2O)CCN1C. The van der Waals surface area contributed by atoms with E-state index in [4.69, 9.17) is 0 Å². The third kappa shape index (κ3) is 5.61. The lowest BCUT2D eigenvalue weighted by Crippen LogP contribution is -2.51. The molecule has 2 aliphatic rings. The smallest absolute Gasteiger partial charge is 0.406 e. The molecule has 1 saturated carbocycles. The van der Waals surface area contributed by atoms with Crippen LogP contribution in [0.15, 0.2) is 24.3 Å². The Labute approximate surface area is 165 Å². The summed E-state index contributed by atoms with van der Waals surface area (Å²) in [5.74, 6) is -0.139. The molecule has 1 aliphatic carbocycles. The second-order valence-corrected chi connectivity index (χ2v) is 8.33. The number of hydrogen-bond donors (Lipinski definition) is 1. The average molecular weight is 400 g/mol. The molecule has 2 fully saturated rings. The molecule has 0 bridgehead atoms. The minimum Gasteiger partial charge on any atom is -0.406 e. The van der Waals surface area contributed by atoms with E-state index in [9.17, 15) is 18.3 Å².